The van der Waals surface area contributed by atoms with Gasteiger partial charge in [0.2, 0.25) is 0 Å². The minimum Gasteiger partial charge on any atom is -0.388 e. The summed E-state index contributed by atoms with van der Waals surface area (Å²) in [4.78, 5) is 15.5. The van der Waals surface area contributed by atoms with Gasteiger partial charge in [-0.2, -0.15) is 0 Å². The van der Waals surface area contributed by atoms with Crippen molar-refractivity contribution in [3.05, 3.63) is 39.3 Å². The molecule has 0 spiro atoms. The van der Waals surface area contributed by atoms with E-state index < -0.39 is 11.0 Å². The van der Waals surface area contributed by atoms with Gasteiger partial charge in [-0.05, 0) is 13.3 Å². The van der Waals surface area contributed by atoms with Crippen LogP contribution in [0.4, 0.5) is 5.69 Å². The van der Waals surface area contributed by atoms with Gasteiger partial charge in [-0.1, -0.05) is 6.92 Å². The first-order valence-electron chi connectivity index (χ1n) is 6.03. The van der Waals surface area contributed by atoms with Gasteiger partial charge in [-0.15, -0.1) is 11.3 Å². The van der Waals surface area contributed by atoms with Crippen molar-refractivity contribution >= 4 is 17.0 Å². The molecule has 0 aliphatic rings. The normalized spacial score (nSPS) is 12.6. The van der Waals surface area contributed by atoms with Gasteiger partial charge < -0.3 is 5.11 Å². The summed E-state index contributed by atoms with van der Waals surface area (Å²) in [5.74, 6) is 0.796. The summed E-state index contributed by atoms with van der Waals surface area (Å²) in [6.45, 7) is 3.63. The van der Waals surface area contributed by atoms with Crippen molar-refractivity contribution in [2.75, 3.05) is 0 Å². The van der Waals surface area contributed by atoms with Gasteiger partial charge >= 0.3 is 5.69 Å². The summed E-state index contributed by atoms with van der Waals surface area (Å²) in [6.07, 6.45) is 4.31. The van der Waals surface area contributed by atoms with Crippen LogP contribution in [0.1, 0.15) is 37.1 Å². The Hall–Kier alpha value is -1.73. The number of nitro groups is 1. The third-order valence-corrected chi connectivity index (χ3v) is 4.02. The highest BCUT2D eigenvalue weighted by molar-refractivity contribution is 7.15. The molecule has 0 aromatic carbocycles. The first kappa shape index (κ1) is 13.7. The molecule has 19 heavy (non-hydrogen) atoms. The Kier molecular flexibility index (Phi) is 3.96. The van der Waals surface area contributed by atoms with Crippen LogP contribution in [0, 0.1) is 10.1 Å². The highest BCUT2D eigenvalue weighted by Crippen LogP contribution is 2.36. The third-order valence-electron chi connectivity index (χ3n) is 2.73. The molecule has 2 rings (SSSR count). The standard InChI is InChI=1S/C12H15N3O3S/c1-3-4-11-13-5-6-14(11)12-9(15(17)18)7-10(19-12)8(2)16/h5-8,16H,3-4H2,1-2H3/t8-/m0/s1. The molecule has 7 heteroatoms. The Balaban J connectivity index is 2.53. The Morgan fingerprint density at radius 1 is 1.63 bits per heavy atom. The Labute approximate surface area is 114 Å². The molecule has 1 N–H and O–H groups in total. The number of aliphatic hydroxyl groups is 1. The molecule has 2 heterocycles. The molecule has 0 fully saturated rings. The second kappa shape index (κ2) is 5.50. The van der Waals surface area contributed by atoms with Crippen molar-refractivity contribution in [1.82, 2.24) is 9.55 Å². The summed E-state index contributed by atoms with van der Waals surface area (Å²) in [6, 6.07) is 1.43. The molecule has 0 saturated heterocycles. The molecule has 0 bridgehead atoms. The minimum atomic E-state index is -0.712. The lowest BCUT2D eigenvalue weighted by atomic mass is 10.3. The van der Waals surface area contributed by atoms with Crippen LogP contribution in [0.3, 0.4) is 0 Å². The van der Waals surface area contributed by atoms with E-state index in [9.17, 15) is 15.2 Å². The van der Waals surface area contributed by atoms with Crippen molar-refractivity contribution in [2.24, 2.45) is 0 Å². The Bertz CT molecular complexity index is 589. The molecular weight excluding hydrogens is 266 g/mol. The van der Waals surface area contributed by atoms with E-state index in [0.717, 1.165) is 18.7 Å². The zero-order chi connectivity index (χ0) is 14.0. The predicted octanol–water partition coefficient (Wildman–Crippen LogP) is 2.85. The smallest absolute Gasteiger partial charge is 0.304 e. The van der Waals surface area contributed by atoms with Crippen molar-refractivity contribution in [3.8, 4) is 5.00 Å². The maximum absolute atomic E-state index is 11.1. The first-order valence-corrected chi connectivity index (χ1v) is 6.85. The van der Waals surface area contributed by atoms with Crippen LogP contribution in [0.15, 0.2) is 18.5 Å². The average molecular weight is 281 g/mol. The van der Waals surface area contributed by atoms with E-state index in [4.69, 9.17) is 0 Å². The second-order valence-electron chi connectivity index (χ2n) is 4.24. The quantitative estimate of drug-likeness (QED) is 0.675. The van der Waals surface area contributed by atoms with E-state index in [2.05, 4.69) is 4.98 Å². The van der Waals surface area contributed by atoms with Gasteiger partial charge in [-0.25, -0.2) is 4.98 Å². The van der Waals surface area contributed by atoms with Crippen molar-refractivity contribution < 1.29 is 10.0 Å². The van der Waals surface area contributed by atoms with E-state index >= 15 is 0 Å². The molecule has 0 aliphatic carbocycles. The van der Waals surface area contributed by atoms with Gasteiger partial charge in [0, 0.05) is 29.8 Å². The Morgan fingerprint density at radius 3 is 2.95 bits per heavy atom. The molecule has 0 amide bonds. The van der Waals surface area contributed by atoms with Gasteiger partial charge in [-0.3, -0.25) is 14.7 Å². The lowest BCUT2D eigenvalue weighted by Crippen LogP contribution is -2.00. The number of imidazole rings is 1. The summed E-state index contributed by atoms with van der Waals surface area (Å²) < 4.78 is 1.73. The number of rotatable bonds is 5. The highest BCUT2D eigenvalue weighted by atomic mass is 32.1. The molecule has 0 radical (unpaired) electrons. The van der Waals surface area contributed by atoms with Crippen LogP contribution in [-0.2, 0) is 6.42 Å². The zero-order valence-electron chi connectivity index (χ0n) is 10.7. The topological polar surface area (TPSA) is 81.2 Å². The molecule has 0 unspecified atom stereocenters. The fourth-order valence-corrected chi connectivity index (χ4v) is 2.89. The highest BCUT2D eigenvalue weighted by Gasteiger charge is 2.23. The van der Waals surface area contributed by atoms with E-state index in [1.54, 1.807) is 23.9 Å². The number of hydrogen-bond donors (Lipinski definition) is 1. The Morgan fingerprint density at radius 2 is 2.37 bits per heavy atom. The molecule has 6 nitrogen and oxygen atoms in total. The zero-order valence-corrected chi connectivity index (χ0v) is 11.6. The molecule has 2 aromatic heterocycles. The maximum Gasteiger partial charge on any atom is 0.304 e. The van der Waals surface area contributed by atoms with Crippen LogP contribution < -0.4 is 0 Å². The fraction of sp³-hybridized carbons (Fsp3) is 0.417. The predicted molar refractivity (Wildman–Crippen MR) is 72.7 cm³/mol. The van der Waals surface area contributed by atoms with Gasteiger partial charge in [0.05, 0.1) is 11.0 Å². The maximum atomic E-state index is 11.1. The minimum absolute atomic E-state index is 0.0104. The number of thiophene rings is 1. The number of aryl methyl sites for hydroxylation is 1. The molecule has 102 valence electrons. The summed E-state index contributed by atoms with van der Waals surface area (Å²) in [7, 11) is 0. The summed E-state index contributed by atoms with van der Waals surface area (Å²) in [5, 5.41) is 21.2. The van der Waals surface area contributed by atoms with Crippen LogP contribution in [0.25, 0.3) is 5.00 Å². The monoisotopic (exact) mass is 281 g/mol. The van der Waals surface area contributed by atoms with Gasteiger partial charge in [0.1, 0.15) is 5.82 Å². The van der Waals surface area contributed by atoms with E-state index in [1.165, 1.54) is 17.4 Å². The van der Waals surface area contributed by atoms with Gasteiger partial charge in [0.25, 0.3) is 0 Å². The fourth-order valence-electron chi connectivity index (χ4n) is 1.83. The van der Waals surface area contributed by atoms with E-state index in [1.807, 2.05) is 6.92 Å². The van der Waals surface area contributed by atoms with Crippen LogP contribution >= 0.6 is 11.3 Å². The van der Waals surface area contributed by atoms with Gasteiger partial charge in [0.15, 0.2) is 5.00 Å². The van der Waals surface area contributed by atoms with E-state index in [0.29, 0.717) is 9.88 Å². The largest absolute Gasteiger partial charge is 0.388 e. The van der Waals surface area contributed by atoms with Crippen LogP contribution in [0.5, 0.6) is 0 Å². The lowest BCUT2D eigenvalue weighted by molar-refractivity contribution is -0.384. The van der Waals surface area contributed by atoms with E-state index in [-0.39, 0.29) is 5.69 Å². The molecule has 2 aromatic rings. The lowest BCUT2D eigenvalue weighted by Gasteiger charge is -2.03. The number of hydrogen-bond acceptors (Lipinski definition) is 5. The first-order chi connectivity index (χ1) is 9.04. The molecule has 0 saturated carbocycles. The second-order valence-corrected chi connectivity index (χ2v) is 5.30. The van der Waals surface area contributed by atoms with Crippen LogP contribution in [0.2, 0.25) is 0 Å². The SMILES string of the molecule is CCCc1nccn1-c1sc([C@H](C)O)cc1[N+](=O)[O-]. The molecular formula is C12H15N3O3S. The van der Waals surface area contributed by atoms with Crippen molar-refractivity contribution in [3.63, 3.8) is 0 Å². The number of aliphatic hydroxyl groups excluding tert-OH is 1. The third kappa shape index (κ3) is 2.66. The average Bonchev–Trinajstić information content (AvgIpc) is 2.94. The summed E-state index contributed by atoms with van der Waals surface area (Å²) in [5.41, 5.74) is 0.0104. The number of aromatic nitrogens is 2. The molecule has 0 aliphatic heterocycles. The van der Waals surface area contributed by atoms with Crippen LogP contribution in [-0.4, -0.2) is 19.6 Å². The van der Waals surface area contributed by atoms with Crippen molar-refractivity contribution in [1.29, 1.82) is 0 Å². The van der Waals surface area contributed by atoms with Crippen molar-refractivity contribution in [2.45, 2.75) is 32.8 Å². The number of nitrogens with zero attached hydrogens (tertiary/aromatic N) is 3. The summed E-state index contributed by atoms with van der Waals surface area (Å²) >= 11 is 1.22. The molecule has 1 atom stereocenters.